The van der Waals surface area contributed by atoms with Gasteiger partial charge in [-0.05, 0) is 12.0 Å². The molecule has 1 aromatic carbocycles. The van der Waals surface area contributed by atoms with Gasteiger partial charge in [0.2, 0.25) is 11.8 Å². The summed E-state index contributed by atoms with van der Waals surface area (Å²) in [5.41, 5.74) is 1.10. The van der Waals surface area contributed by atoms with Gasteiger partial charge in [0.1, 0.15) is 0 Å². The summed E-state index contributed by atoms with van der Waals surface area (Å²) in [4.78, 5) is 25.7. The van der Waals surface area contributed by atoms with E-state index in [1.165, 1.54) is 0 Å². The van der Waals surface area contributed by atoms with Gasteiger partial charge < -0.3 is 15.0 Å². The minimum Gasteiger partial charge on any atom is -0.383 e. The summed E-state index contributed by atoms with van der Waals surface area (Å²) < 4.78 is 5.10. The summed E-state index contributed by atoms with van der Waals surface area (Å²) in [6.45, 7) is 2.09. The number of nitrogens with one attached hydrogen (secondary N) is 1. The molecule has 1 aliphatic heterocycles. The molecule has 1 atom stereocenters. The molecule has 0 spiro atoms. The summed E-state index contributed by atoms with van der Waals surface area (Å²) in [7, 11) is 1.63. The Morgan fingerprint density at radius 2 is 2.14 bits per heavy atom. The van der Waals surface area contributed by atoms with Gasteiger partial charge in [-0.15, -0.1) is 0 Å². The van der Waals surface area contributed by atoms with Crippen LogP contribution in [0.1, 0.15) is 18.4 Å². The third-order valence-corrected chi connectivity index (χ3v) is 3.71. The van der Waals surface area contributed by atoms with Crippen molar-refractivity contribution in [1.82, 2.24) is 10.2 Å². The lowest BCUT2D eigenvalue weighted by Gasteiger charge is -2.29. The van der Waals surface area contributed by atoms with Crippen LogP contribution in [0, 0.1) is 5.92 Å². The lowest BCUT2D eigenvalue weighted by molar-refractivity contribution is -0.138. The van der Waals surface area contributed by atoms with E-state index in [9.17, 15) is 9.59 Å². The molecule has 0 radical (unpaired) electrons. The number of methoxy groups -OCH3 is 1. The zero-order valence-electron chi connectivity index (χ0n) is 12.4. The lowest BCUT2D eigenvalue weighted by atomic mass is 9.97. The first-order valence-corrected chi connectivity index (χ1v) is 7.29. The third-order valence-electron chi connectivity index (χ3n) is 3.71. The summed E-state index contributed by atoms with van der Waals surface area (Å²) in [5, 5.41) is 2.77. The van der Waals surface area contributed by atoms with Crippen LogP contribution in [-0.2, 0) is 20.9 Å². The lowest BCUT2D eigenvalue weighted by Crippen LogP contribution is -2.45. The van der Waals surface area contributed by atoms with Crippen LogP contribution in [0.25, 0.3) is 0 Å². The quantitative estimate of drug-likeness (QED) is 0.856. The molecule has 2 amide bonds. The molecular formula is C16H22N2O3. The summed E-state index contributed by atoms with van der Waals surface area (Å²) in [5.74, 6) is 0.00437. The van der Waals surface area contributed by atoms with E-state index in [2.05, 4.69) is 5.32 Å². The second kappa shape index (κ2) is 7.78. The van der Waals surface area contributed by atoms with Crippen LogP contribution in [0.4, 0.5) is 0 Å². The largest absolute Gasteiger partial charge is 0.383 e. The Hall–Kier alpha value is -1.88. The first-order valence-electron chi connectivity index (χ1n) is 7.29. The molecule has 0 saturated carbocycles. The highest BCUT2D eigenvalue weighted by atomic mass is 16.5. The zero-order valence-corrected chi connectivity index (χ0v) is 12.4. The maximum Gasteiger partial charge on any atom is 0.227 e. The van der Waals surface area contributed by atoms with Gasteiger partial charge in [0.15, 0.2) is 0 Å². The maximum absolute atomic E-state index is 12.6. The number of nitrogens with zero attached hydrogens (tertiary/aromatic N) is 1. The minimum absolute atomic E-state index is 0.0329. The standard InChI is InChI=1S/C16H22N2O3/c1-21-10-9-18(12-13-5-3-2-4-6-13)16(20)14-7-8-15(19)17-11-14/h2-6,14H,7-12H2,1H3,(H,17,19). The van der Waals surface area contributed by atoms with E-state index in [0.717, 1.165) is 5.56 Å². The predicted octanol–water partition coefficient (Wildman–Crippen LogP) is 1.19. The van der Waals surface area contributed by atoms with Crippen LogP contribution < -0.4 is 5.32 Å². The third kappa shape index (κ3) is 4.56. The Balaban J connectivity index is 2.00. The van der Waals surface area contributed by atoms with Gasteiger partial charge in [-0.2, -0.15) is 0 Å². The molecule has 1 heterocycles. The first kappa shape index (κ1) is 15.5. The Morgan fingerprint density at radius 1 is 1.38 bits per heavy atom. The molecule has 0 bridgehead atoms. The van der Waals surface area contributed by atoms with Crippen molar-refractivity contribution in [2.75, 3.05) is 26.8 Å². The monoisotopic (exact) mass is 290 g/mol. The predicted molar refractivity (Wildman–Crippen MR) is 79.5 cm³/mol. The average molecular weight is 290 g/mol. The molecule has 0 aromatic heterocycles. The molecule has 2 rings (SSSR count). The molecule has 21 heavy (non-hydrogen) atoms. The Labute approximate surface area is 125 Å². The number of benzene rings is 1. The van der Waals surface area contributed by atoms with Crippen LogP contribution in [0.15, 0.2) is 30.3 Å². The Morgan fingerprint density at radius 3 is 2.76 bits per heavy atom. The van der Waals surface area contributed by atoms with E-state index in [-0.39, 0.29) is 17.7 Å². The number of rotatable bonds is 6. The van der Waals surface area contributed by atoms with Gasteiger partial charge in [0.05, 0.1) is 12.5 Å². The highest BCUT2D eigenvalue weighted by molar-refractivity contribution is 5.83. The van der Waals surface area contributed by atoms with Gasteiger partial charge in [0.25, 0.3) is 0 Å². The van der Waals surface area contributed by atoms with Crippen molar-refractivity contribution in [3.63, 3.8) is 0 Å². The fraction of sp³-hybridized carbons (Fsp3) is 0.500. The summed E-state index contributed by atoms with van der Waals surface area (Å²) in [6, 6.07) is 9.91. The van der Waals surface area contributed by atoms with Crippen molar-refractivity contribution in [1.29, 1.82) is 0 Å². The van der Waals surface area contributed by atoms with Crippen LogP contribution in [0.3, 0.4) is 0 Å². The second-order valence-electron chi connectivity index (χ2n) is 5.28. The zero-order chi connectivity index (χ0) is 15.1. The molecule has 1 unspecified atom stereocenters. The number of ether oxygens (including phenoxy) is 1. The van der Waals surface area contributed by atoms with Crippen molar-refractivity contribution < 1.29 is 14.3 Å². The SMILES string of the molecule is COCCN(Cc1ccccc1)C(=O)C1CCC(=O)NC1. The number of carbonyl (C=O) groups excluding carboxylic acids is 2. The van der Waals surface area contributed by atoms with E-state index in [4.69, 9.17) is 4.74 Å². The molecule has 1 saturated heterocycles. The fourth-order valence-electron chi connectivity index (χ4n) is 2.47. The summed E-state index contributed by atoms with van der Waals surface area (Å²) in [6.07, 6.45) is 1.06. The van der Waals surface area contributed by atoms with Crippen molar-refractivity contribution in [2.45, 2.75) is 19.4 Å². The molecule has 5 nitrogen and oxygen atoms in total. The van der Waals surface area contributed by atoms with E-state index in [1.54, 1.807) is 7.11 Å². The van der Waals surface area contributed by atoms with Gasteiger partial charge in [-0.25, -0.2) is 0 Å². The van der Waals surface area contributed by atoms with E-state index in [0.29, 0.717) is 39.1 Å². The molecular weight excluding hydrogens is 268 g/mol. The number of hydrogen-bond acceptors (Lipinski definition) is 3. The number of piperidine rings is 1. The second-order valence-corrected chi connectivity index (χ2v) is 5.28. The number of carbonyl (C=O) groups is 2. The Kier molecular flexibility index (Phi) is 5.75. The normalized spacial score (nSPS) is 18.1. The molecule has 1 aliphatic rings. The maximum atomic E-state index is 12.6. The fourth-order valence-corrected chi connectivity index (χ4v) is 2.47. The van der Waals surface area contributed by atoms with Crippen LogP contribution in [-0.4, -0.2) is 43.5 Å². The average Bonchev–Trinajstić information content (AvgIpc) is 2.52. The van der Waals surface area contributed by atoms with Crippen molar-refractivity contribution in [3.05, 3.63) is 35.9 Å². The number of hydrogen-bond donors (Lipinski definition) is 1. The molecule has 1 fully saturated rings. The van der Waals surface area contributed by atoms with Crippen LogP contribution in [0.5, 0.6) is 0 Å². The van der Waals surface area contributed by atoms with Gasteiger partial charge >= 0.3 is 0 Å². The van der Waals surface area contributed by atoms with Crippen molar-refractivity contribution in [2.24, 2.45) is 5.92 Å². The first-order chi connectivity index (χ1) is 10.2. The highest BCUT2D eigenvalue weighted by Gasteiger charge is 2.28. The molecule has 0 aliphatic carbocycles. The van der Waals surface area contributed by atoms with Gasteiger partial charge in [0, 0.05) is 33.2 Å². The number of amides is 2. The molecule has 5 heteroatoms. The van der Waals surface area contributed by atoms with Crippen molar-refractivity contribution in [3.8, 4) is 0 Å². The van der Waals surface area contributed by atoms with E-state index in [1.807, 2.05) is 35.2 Å². The van der Waals surface area contributed by atoms with Gasteiger partial charge in [-0.3, -0.25) is 9.59 Å². The molecule has 1 aromatic rings. The van der Waals surface area contributed by atoms with Crippen LogP contribution >= 0.6 is 0 Å². The minimum atomic E-state index is -0.122. The van der Waals surface area contributed by atoms with Crippen LogP contribution in [0.2, 0.25) is 0 Å². The van der Waals surface area contributed by atoms with Gasteiger partial charge in [-0.1, -0.05) is 30.3 Å². The molecule has 1 N–H and O–H groups in total. The highest BCUT2D eigenvalue weighted by Crippen LogP contribution is 2.16. The molecule has 114 valence electrons. The topological polar surface area (TPSA) is 58.6 Å². The smallest absolute Gasteiger partial charge is 0.227 e. The van der Waals surface area contributed by atoms with E-state index < -0.39 is 0 Å². The van der Waals surface area contributed by atoms with E-state index >= 15 is 0 Å². The summed E-state index contributed by atoms with van der Waals surface area (Å²) >= 11 is 0. The Bertz CT molecular complexity index is 466. The van der Waals surface area contributed by atoms with Crippen molar-refractivity contribution >= 4 is 11.8 Å².